The van der Waals surface area contributed by atoms with Gasteiger partial charge in [-0.05, 0) is 50.2 Å². The average molecular weight is 449 g/mol. The molecule has 0 aliphatic heterocycles. The molecule has 0 saturated carbocycles. The van der Waals surface area contributed by atoms with Crippen molar-refractivity contribution in [3.8, 4) is 0 Å². The molecule has 0 N–H and O–H groups in total. The molecule has 30 heavy (non-hydrogen) atoms. The predicted molar refractivity (Wildman–Crippen MR) is 108 cm³/mol. The summed E-state index contributed by atoms with van der Waals surface area (Å²) in [6, 6.07) is 15.5. The normalized spacial score (nSPS) is 12.1. The fraction of sp³-hybridized carbons (Fsp3) is 0.200. The molecule has 3 aromatic rings. The first-order valence-electron chi connectivity index (χ1n) is 8.89. The SMILES string of the molecule is Cc1ccc(S(=O)(=O)OCc2ccc(COS(=O)(=O)c3ccc(C)cc3)nn2)cc1. The minimum atomic E-state index is -3.92. The Morgan fingerprint density at radius 3 is 1.23 bits per heavy atom. The molecule has 0 aliphatic rings. The van der Waals surface area contributed by atoms with Crippen molar-refractivity contribution in [3.63, 3.8) is 0 Å². The monoisotopic (exact) mass is 448 g/mol. The van der Waals surface area contributed by atoms with Crippen LogP contribution in [0.5, 0.6) is 0 Å². The maximum atomic E-state index is 12.2. The Labute approximate surface area is 175 Å². The van der Waals surface area contributed by atoms with Gasteiger partial charge < -0.3 is 0 Å². The zero-order chi connectivity index (χ0) is 21.8. The Bertz CT molecular complexity index is 1110. The van der Waals surface area contributed by atoms with Crippen molar-refractivity contribution >= 4 is 20.2 Å². The molecule has 8 nitrogen and oxygen atoms in total. The van der Waals surface area contributed by atoms with Crippen LogP contribution in [0.2, 0.25) is 0 Å². The van der Waals surface area contributed by atoms with E-state index < -0.39 is 20.2 Å². The molecule has 10 heteroatoms. The van der Waals surface area contributed by atoms with Crippen molar-refractivity contribution in [1.29, 1.82) is 0 Å². The van der Waals surface area contributed by atoms with Crippen LogP contribution in [0.3, 0.4) is 0 Å². The summed E-state index contributed by atoms with van der Waals surface area (Å²) in [5.74, 6) is 0. The van der Waals surface area contributed by atoms with E-state index in [9.17, 15) is 16.8 Å². The van der Waals surface area contributed by atoms with E-state index in [0.717, 1.165) is 11.1 Å². The smallest absolute Gasteiger partial charge is 0.260 e. The van der Waals surface area contributed by atoms with Crippen LogP contribution in [0, 0.1) is 13.8 Å². The molecule has 0 radical (unpaired) electrons. The first-order valence-corrected chi connectivity index (χ1v) is 11.7. The van der Waals surface area contributed by atoms with Gasteiger partial charge in [0.25, 0.3) is 20.2 Å². The summed E-state index contributed by atoms with van der Waals surface area (Å²) in [5.41, 5.74) is 2.41. The summed E-state index contributed by atoms with van der Waals surface area (Å²) in [5, 5.41) is 7.72. The van der Waals surface area contributed by atoms with Crippen LogP contribution in [0.4, 0.5) is 0 Å². The first kappa shape index (κ1) is 22.0. The predicted octanol–water partition coefficient (Wildman–Crippen LogP) is 2.90. The fourth-order valence-corrected chi connectivity index (χ4v) is 4.13. The number of hydrogen-bond acceptors (Lipinski definition) is 8. The second kappa shape index (κ2) is 9.00. The highest BCUT2D eigenvalue weighted by atomic mass is 32.2. The highest BCUT2D eigenvalue weighted by Gasteiger charge is 2.17. The molecular weight excluding hydrogens is 428 g/mol. The van der Waals surface area contributed by atoms with Crippen LogP contribution in [0.25, 0.3) is 0 Å². The van der Waals surface area contributed by atoms with Gasteiger partial charge in [-0.2, -0.15) is 27.0 Å². The van der Waals surface area contributed by atoms with Crippen molar-refractivity contribution in [3.05, 3.63) is 83.2 Å². The lowest BCUT2D eigenvalue weighted by atomic mass is 10.2. The van der Waals surface area contributed by atoms with Crippen molar-refractivity contribution in [1.82, 2.24) is 10.2 Å². The fourth-order valence-electron chi connectivity index (χ4n) is 2.36. The molecule has 0 fully saturated rings. The van der Waals surface area contributed by atoms with Gasteiger partial charge in [-0.15, -0.1) is 0 Å². The van der Waals surface area contributed by atoms with Gasteiger partial charge in [0.15, 0.2) is 0 Å². The van der Waals surface area contributed by atoms with Crippen molar-refractivity contribution in [2.24, 2.45) is 0 Å². The highest BCUT2D eigenvalue weighted by molar-refractivity contribution is 7.87. The van der Waals surface area contributed by atoms with Crippen LogP contribution < -0.4 is 0 Å². The van der Waals surface area contributed by atoms with E-state index in [1.165, 1.54) is 36.4 Å². The minimum Gasteiger partial charge on any atom is -0.260 e. The molecule has 0 bridgehead atoms. The van der Waals surface area contributed by atoms with Crippen molar-refractivity contribution < 1.29 is 25.2 Å². The lowest BCUT2D eigenvalue weighted by molar-refractivity contribution is 0.294. The second-order valence-electron chi connectivity index (χ2n) is 6.57. The van der Waals surface area contributed by atoms with Crippen molar-refractivity contribution in [2.45, 2.75) is 36.9 Å². The molecule has 0 atom stereocenters. The van der Waals surface area contributed by atoms with Crippen LogP contribution in [0.1, 0.15) is 22.5 Å². The van der Waals surface area contributed by atoms with Gasteiger partial charge in [0, 0.05) is 0 Å². The zero-order valence-electron chi connectivity index (χ0n) is 16.3. The number of benzene rings is 2. The number of aromatic nitrogens is 2. The van der Waals surface area contributed by atoms with Gasteiger partial charge in [-0.1, -0.05) is 35.4 Å². The van der Waals surface area contributed by atoms with Gasteiger partial charge in [0.2, 0.25) is 0 Å². The van der Waals surface area contributed by atoms with E-state index >= 15 is 0 Å². The number of aryl methyl sites for hydroxylation is 2. The van der Waals surface area contributed by atoms with Crippen LogP contribution in [-0.4, -0.2) is 27.0 Å². The lowest BCUT2D eigenvalue weighted by Gasteiger charge is -2.07. The molecule has 0 aliphatic carbocycles. The average Bonchev–Trinajstić information content (AvgIpc) is 2.72. The van der Waals surface area contributed by atoms with Crippen LogP contribution in [0.15, 0.2) is 70.5 Å². The van der Waals surface area contributed by atoms with E-state index in [1.807, 2.05) is 13.8 Å². The Morgan fingerprint density at radius 2 is 0.933 bits per heavy atom. The Hall–Kier alpha value is -2.66. The van der Waals surface area contributed by atoms with Crippen molar-refractivity contribution in [2.75, 3.05) is 0 Å². The van der Waals surface area contributed by atoms with Gasteiger partial charge in [-0.25, -0.2) is 0 Å². The van der Waals surface area contributed by atoms with E-state index in [-0.39, 0.29) is 34.4 Å². The second-order valence-corrected chi connectivity index (χ2v) is 9.81. The maximum absolute atomic E-state index is 12.2. The zero-order valence-corrected chi connectivity index (χ0v) is 18.0. The van der Waals surface area contributed by atoms with E-state index in [0.29, 0.717) is 0 Å². The summed E-state index contributed by atoms with van der Waals surface area (Å²) >= 11 is 0. The largest absolute Gasteiger partial charge is 0.297 e. The highest BCUT2D eigenvalue weighted by Crippen LogP contribution is 2.16. The van der Waals surface area contributed by atoms with Crippen LogP contribution in [-0.2, 0) is 41.8 Å². The van der Waals surface area contributed by atoms with Gasteiger partial charge in [-0.3, -0.25) is 8.37 Å². The third-order valence-electron chi connectivity index (χ3n) is 4.12. The summed E-state index contributed by atoms with van der Waals surface area (Å²) in [7, 11) is -7.84. The molecule has 0 unspecified atom stereocenters. The first-order chi connectivity index (χ1) is 14.2. The Morgan fingerprint density at radius 1 is 0.600 bits per heavy atom. The summed E-state index contributed by atoms with van der Waals surface area (Å²) in [4.78, 5) is 0.0970. The molecule has 2 aromatic carbocycles. The third kappa shape index (κ3) is 5.70. The van der Waals surface area contributed by atoms with Gasteiger partial charge in [0.05, 0.1) is 21.2 Å². The minimum absolute atomic E-state index is 0.0485. The summed E-state index contributed by atoms with van der Waals surface area (Å²) in [6.45, 7) is 3.10. The molecule has 3 rings (SSSR count). The number of hydrogen-bond donors (Lipinski definition) is 0. The van der Waals surface area contributed by atoms with E-state index in [4.69, 9.17) is 8.37 Å². The Balaban J connectivity index is 1.58. The molecule has 0 amide bonds. The molecule has 1 heterocycles. The standard InChI is InChI=1S/C20H20N2O6S2/c1-15-3-9-19(10-4-15)29(23,24)27-13-17-7-8-18(22-21-17)14-28-30(25,26)20-11-5-16(2)6-12-20/h3-12H,13-14H2,1-2H3. The molecule has 0 spiro atoms. The summed E-state index contributed by atoms with van der Waals surface area (Å²) in [6.07, 6.45) is 0. The van der Waals surface area contributed by atoms with E-state index in [2.05, 4.69) is 10.2 Å². The molecule has 158 valence electrons. The molecule has 1 aromatic heterocycles. The van der Waals surface area contributed by atoms with Gasteiger partial charge >= 0.3 is 0 Å². The van der Waals surface area contributed by atoms with E-state index in [1.54, 1.807) is 24.3 Å². The lowest BCUT2D eigenvalue weighted by Crippen LogP contribution is -2.10. The number of nitrogens with zero attached hydrogens (tertiary/aromatic N) is 2. The summed E-state index contributed by atoms with van der Waals surface area (Å²) < 4.78 is 58.8. The number of rotatable bonds is 8. The topological polar surface area (TPSA) is 113 Å². The van der Waals surface area contributed by atoms with Crippen LogP contribution >= 0.6 is 0 Å². The quantitative estimate of drug-likeness (QED) is 0.484. The maximum Gasteiger partial charge on any atom is 0.297 e. The third-order valence-corrected chi connectivity index (χ3v) is 6.67. The molecule has 0 saturated heterocycles. The molecular formula is C20H20N2O6S2. The van der Waals surface area contributed by atoms with Gasteiger partial charge in [0.1, 0.15) is 13.2 Å². The Kier molecular flexibility index (Phi) is 6.61.